The predicted molar refractivity (Wildman–Crippen MR) is 51.2 cm³/mol. The molecule has 0 atom stereocenters. The fourth-order valence-electron chi connectivity index (χ4n) is 1.51. The van der Waals surface area contributed by atoms with Crippen LogP contribution in [-0.4, -0.2) is 4.98 Å². The van der Waals surface area contributed by atoms with Crippen molar-refractivity contribution in [2.24, 2.45) is 0 Å². The van der Waals surface area contributed by atoms with Gasteiger partial charge in [-0.05, 0) is 17.7 Å². The third-order valence-electron chi connectivity index (χ3n) is 2.18. The van der Waals surface area contributed by atoms with Gasteiger partial charge in [0, 0.05) is 32.7 Å². The van der Waals surface area contributed by atoms with Gasteiger partial charge in [-0.15, -0.1) is 5.39 Å². The van der Waals surface area contributed by atoms with Crippen molar-refractivity contribution in [1.29, 1.82) is 0 Å². The van der Waals surface area contributed by atoms with Crippen LogP contribution in [-0.2, 0) is 32.7 Å². The second kappa shape index (κ2) is 4.39. The maximum atomic E-state index is 3.24. The molecule has 65 valence electrons. The second-order valence-electron chi connectivity index (χ2n) is 3.37. The number of fused-ring (bicyclic) bond motifs is 1. The van der Waals surface area contributed by atoms with Gasteiger partial charge in [-0.2, -0.15) is 24.3 Å². The first-order valence-electron chi connectivity index (χ1n) is 4.26. The van der Waals surface area contributed by atoms with Crippen LogP contribution in [0.3, 0.4) is 0 Å². The molecule has 1 nitrogen and oxygen atoms in total. The van der Waals surface area contributed by atoms with Gasteiger partial charge in [-0.1, -0.05) is 19.4 Å². The molecular formula is C11H12NY-. The third kappa shape index (κ3) is 2.03. The number of aromatic amines is 1. The number of hydrogen-bond acceptors (Lipinski definition) is 0. The van der Waals surface area contributed by atoms with Gasteiger partial charge < -0.3 is 4.98 Å². The average Bonchev–Trinajstić information content (AvgIpc) is 2.47. The Morgan fingerprint density at radius 3 is 2.85 bits per heavy atom. The maximum Gasteiger partial charge on any atom is 0 e. The molecule has 1 aromatic carbocycles. The molecule has 0 saturated heterocycles. The van der Waals surface area contributed by atoms with E-state index in [2.05, 4.69) is 37.2 Å². The molecule has 0 fully saturated rings. The Hall–Kier alpha value is -0.136. The molecule has 2 aromatic rings. The standard InChI is InChI=1S/C11H12N.Y/c1-8(2)10-7-12-11-6-4-3-5-9(10)11;/h3,5-8,12H,1-2H3;/q-1;. The summed E-state index contributed by atoms with van der Waals surface area (Å²) in [6, 6.07) is 9.12. The van der Waals surface area contributed by atoms with E-state index in [1.54, 1.807) is 0 Å². The van der Waals surface area contributed by atoms with Crippen LogP contribution in [0.1, 0.15) is 25.3 Å². The SMILES string of the molecule is CC(C)c1c[nH]c2c[c-]ccc12.[Y]. The molecule has 1 radical (unpaired) electrons. The van der Waals surface area contributed by atoms with Crippen LogP contribution in [0.5, 0.6) is 0 Å². The van der Waals surface area contributed by atoms with Gasteiger partial charge in [0.1, 0.15) is 0 Å². The van der Waals surface area contributed by atoms with Crippen molar-refractivity contribution in [3.8, 4) is 0 Å². The summed E-state index contributed by atoms with van der Waals surface area (Å²) in [5.74, 6) is 0.584. The first-order valence-corrected chi connectivity index (χ1v) is 4.26. The van der Waals surface area contributed by atoms with Crippen molar-refractivity contribution in [2.45, 2.75) is 19.8 Å². The molecule has 0 aliphatic rings. The van der Waals surface area contributed by atoms with E-state index in [1.165, 1.54) is 16.5 Å². The van der Waals surface area contributed by atoms with E-state index in [9.17, 15) is 0 Å². The van der Waals surface area contributed by atoms with Crippen LogP contribution in [0.4, 0.5) is 0 Å². The van der Waals surface area contributed by atoms with Crippen molar-refractivity contribution in [3.63, 3.8) is 0 Å². The monoisotopic (exact) mass is 247 g/mol. The molecule has 2 heteroatoms. The molecule has 0 spiro atoms. The van der Waals surface area contributed by atoms with Crippen molar-refractivity contribution in [1.82, 2.24) is 4.98 Å². The van der Waals surface area contributed by atoms with E-state index < -0.39 is 0 Å². The van der Waals surface area contributed by atoms with Gasteiger partial charge in [0.05, 0.1) is 0 Å². The largest absolute Gasteiger partial charge is 0.414 e. The van der Waals surface area contributed by atoms with E-state index in [0.29, 0.717) is 5.92 Å². The average molecular weight is 247 g/mol. The molecule has 0 saturated carbocycles. The summed E-state index contributed by atoms with van der Waals surface area (Å²) in [7, 11) is 0. The zero-order chi connectivity index (χ0) is 8.55. The molecule has 0 aliphatic carbocycles. The van der Waals surface area contributed by atoms with Gasteiger partial charge in [0.15, 0.2) is 0 Å². The van der Waals surface area contributed by atoms with E-state index in [0.717, 1.165) is 0 Å². The Kier molecular flexibility index (Phi) is 3.69. The number of rotatable bonds is 1. The van der Waals surface area contributed by atoms with E-state index in [4.69, 9.17) is 0 Å². The molecule has 1 N–H and O–H groups in total. The van der Waals surface area contributed by atoms with Crippen molar-refractivity contribution >= 4 is 10.9 Å². The minimum atomic E-state index is 0. The van der Waals surface area contributed by atoms with Gasteiger partial charge >= 0.3 is 0 Å². The molecule has 0 bridgehead atoms. The minimum absolute atomic E-state index is 0. The first kappa shape index (κ1) is 10.9. The summed E-state index contributed by atoms with van der Waals surface area (Å²) >= 11 is 0. The Labute approximate surface area is 104 Å². The van der Waals surface area contributed by atoms with Crippen LogP contribution < -0.4 is 0 Å². The first-order chi connectivity index (χ1) is 5.79. The topological polar surface area (TPSA) is 15.8 Å². The number of benzene rings is 1. The second-order valence-corrected chi connectivity index (χ2v) is 3.37. The van der Waals surface area contributed by atoms with Gasteiger partial charge in [0.2, 0.25) is 0 Å². The smallest absolute Gasteiger partial charge is 0 e. The van der Waals surface area contributed by atoms with Crippen LogP contribution in [0, 0.1) is 6.07 Å². The molecular weight excluding hydrogens is 235 g/mol. The molecule has 0 amide bonds. The molecule has 1 heterocycles. The zero-order valence-electron chi connectivity index (χ0n) is 7.96. The molecule has 0 unspecified atom stereocenters. The molecule has 13 heavy (non-hydrogen) atoms. The van der Waals surface area contributed by atoms with Crippen molar-refractivity contribution < 1.29 is 32.7 Å². The summed E-state index contributed by atoms with van der Waals surface area (Å²) in [6.45, 7) is 4.42. The van der Waals surface area contributed by atoms with Crippen LogP contribution in [0.25, 0.3) is 10.9 Å². The van der Waals surface area contributed by atoms with Gasteiger partial charge in [0.25, 0.3) is 0 Å². The van der Waals surface area contributed by atoms with E-state index in [1.807, 2.05) is 12.1 Å². The van der Waals surface area contributed by atoms with Crippen LogP contribution >= 0.6 is 0 Å². The Morgan fingerprint density at radius 1 is 1.38 bits per heavy atom. The summed E-state index contributed by atoms with van der Waals surface area (Å²) in [6.07, 6.45) is 2.09. The summed E-state index contributed by atoms with van der Waals surface area (Å²) < 4.78 is 0. The fourth-order valence-corrected chi connectivity index (χ4v) is 1.51. The summed E-state index contributed by atoms with van der Waals surface area (Å²) in [4.78, 5) is 3.24. The van der Waals surface area contributed by atoms with E-state index in [-0.39, 0.29) is 32.7 Å². The summed E-state index contributed by atoms with van der Waals surface area (Å²) in [5, 5.41) is 1.32. The van der Waals surface area contributed by atoms with Crippen molar-refractivity contribution in [3.05, 3.63) is 36.0 Å². The van der Waals surface area contributed by atoms with Gasteiger partial charge in [-0.3, -0.25) is 0 Å². The quantitative estimate of drug-likeness (QED) is 0.745. The Bertz CT molecular complexity index is 390. The number of H-pyrrole nitrogens is 1. The Balaban J connectivity index is 0.000000845. The minimum Gasteiger partial charge on any atom is -0.414 e. The predicted octanol–water partition coefficient (Wildman–Crippen LogP) is 3.09. The number of aromatic nitrogens is 1. The Morgan fingerprint density at radius 2 is 2.15 bits per heavy atom. The maximum absolute atomic E-state index is 3.24. The fraction of sp³-hybridized carbons (Fsp3) is 0.273. The number of nitrogens with one attached hydrogen (secondary N) is 1. The third-order valence-corrected chi connectivity index (χ3v) is 2.18. The normalized spacial score (nSPS) is 10.4. The zero-order valence-corrected chi connectivity index (χ0v) is 10.8. The van der Waals surface area contributed by atoms with Crippen LogP contribution in [0.2, 0.25) is 0 Å². The summed E-state index contributed by atoms with van der Waals surface area (Å²) in [5.41, 5.74) is 2.57. The molecule has 1 aromatic heterocycles. The number of hydrogen-bond donors (Lipinski definition) is 1. The van der Waals surface area contributed by atoms with Gasteiger partial charge in [-0.25, -0.2) is 0 Å². The van der Waals surface area contributed by atoms with Crippen molar-refractivity contribution in [2.75, 3.05) is 0 Å². The van der Waals surface area contributed by atoms with Crippen LogP contribution in [0.15, 0.2) is 24.4 Å². The van der Waals surface area contributed by atoms with E-state index >= 15 is 0 Å². The molecule has 2 rings (SSSR count). The molecule has 0 aliphatic heterocycles.